The highest BCUT2D eigenvalue weighted by atomic mass is 127. The third-order valence-electron chi connectivity index (χ3n) is 3.99. The van der Waals surface area contributed by atoms with Crippen LogP contribution in [0, 0.1) is 5.82 Å². The summed E-state index contributed by atoms with van der Waals surface area (Å²) in [6.45, 7) is 0.463. The van der Waals surface area contributed by atoms with Crippen molar-refractivity contribution in [1.29, 1.82) is 0 Å². The molecule has 122 valence electrons. The number of guanidine groups is 1. The predicted molar refractivity (Wildman–Crippen MR) is 104 cm³/mol. The highest BCUT2D eigenvalue weighted by Crippen LogP contribution is 2.24. The molecule has 0 amide bonds. The zero-order chi connectivity index (χ0) is 15.4. The van der Waals surface area contributed by atoms with E-state index in [1.54, 1.807) is 12.1 Å². The highest BCUT2D eigenvalue weighted by molar-refractivity contribution is 14.0. The van der Waals surface area contributed by atoms with Crippen molar-refractivity contribution in [3.63, 3.8) is 0 Å². The van der Waals surface area contributed by atoms with Crippen LogP contribution in [0.1, 0.15) is 23.1 Å². The van der Waals surface area contributed by atoms with Crippen LogP contribution in [0.2, 0.25) is 0 Å². The number of rotatable bonds is 4. The first kappa shape index (κ1) is 17.7. The fourth-order valence-electron chi connectivity index (χ4n) is 2.83. The zero-order valence-electron chi connectivity index (χ0n) is 12.9. The van der Waals surface area contributed by atoms with Gasteiger partial charge in [0.1, 0.15) is 5.82 Å². The van der Waals surface area contributed by atoms with E-state index < -0.39 is 0 Å². The number of nitrogens with two attached hydrogens (primary N) is 1. The molecule has 23 heavy (non-hydrogen) atoms. The lowest BCUT2D eigenvalue weighted by Crippen LogP contribution is -2.23. The Morgan fingerprint density at radius 1 is 1.13 bits per heavy atom. The molecule has 0 spiro atoms. The molecule has 0 radical (unpaired) electrons. The summed E-state index contributed by atoms with van der Waals surface area (Å²) in [6, 6.07) is 13.1. The summed E-state index contributed by atoms with van der Waals surface area (Å²) in [5.74, 6) is 0.178. The van der Waals surface area contributed by atoms with Crippen LogP contribution in [0.4, 0.5) is 10.1 Å². The molecule has 2 aromatic carbocycles. The van der Waals surface area contributed by atoms with Gasteiger partial charge in [0.15, 0.2) is 5.96 Å². The average Bonchev–Trinajstić information content (AvgIpc) is 2.97. The second kappa shape index (κ2) is 8.29. The van der Waals surface area contributed by atoms with Gasteiger partial charge < -0.3 is 11.1 Å². The lowest BCUT2D eigenvalue weighted by atomic mass is 10.1. The van der Waals surface area contributed by atoms with Crippen molar-refractivity contribution < 1.29 is 4.39 Å². The van der Waals surface area contributed by atoms with E-state index in [0.717, 1.165) is 12.1 Å². The van der Waals surface area contributed by atoms with Crippen molar-refractivity contribution in [3.05, 3.63) is 65.0 Å². The Kier molecular flexibility index (Phi) is 6.38. The molecule has 0 saturated carbocycles. The van der Waals surface area contributed by atoms with E-state index >= 15 is 0 Å². The highest BCUT2D eigenvalue weighted by Gasteiger charge is 2.10. The number of halogens is 2. The minimum atomic E-state index is -0.192. The predicted octanol–water partition coefficient (Wildman–Crippen LogP) is 3.90. The van der Waals surface area contributed by atoms with E-state index in [0.29, 0.717) is 24.5 Å². The molecule has 3 rings (SSSR count). The van der Waals surface area contributed by atoms with Gasteiger partial charge in [0, 0.05) is 12.2 Å². The average molecular weight is 425 g/mol. The summed E-state index contributed by atoms with van der Waals surface area (Å²) in [6.07, 6.45) is 4.07. The molecule has 0 heterocycles. The first-order valence-electron chi connectivity index (χ1n) is 7.64. The molecule has 3 N–H and O–H groups in total. The van der Waals surface area contributed by atoms with Crippen LogP contribution in [0.3, 0.4) is 0 Å². The van der Waals surface area contributed by atoms with E-state index in [2.05, 4.69) is 22.4 Å². The normalized spacial score (nSPS) is 13.3. The summed E-state index contributed by atoms with van der Waals surface area (Å²) >= 11 is 0. The molecule has 0 fully saturated rings. The Morgan fingerprint density at radius 3 is 2.74 bits per heavy atom. The van der Waals surface area contributed by atoms with Crippen molar-refractivity contribution in [2.24, 2.45) is 10.7 Å². The van der Waals surface area contributed by atoms with Crippen LogP contribution in [-0.2, 0) is 19.3 Å². The molecule has 0 aliphatic heterocycles. The summed E-state index contributed by atoms with van der Waals surface area (Å²) in [5.41, 5.74) is 10.4. The number of aliphatic imine (C=N–C) groups is 1. The lowest BCUT2D eigenvalue weighted by molar-refractivity contribution is 0.609. The number of hydrogen-bond acceptors (Lipinski definition) is 1. The summed E-state index contributed by atoms with van der Waals surface area (Å²) in [4.78, 5) is 4.27. The number of nitrogens with zero attached hydrogens (tertiary/aromatic N) is 1. The molecule has 0 unspecified atom stereocenters. The minimum absolute atomic E-state index is 0. The van der Waals surface area contributed by atoms with Gasteiger partial charge in [-0.15, -0.1) is 24.0 Å². The summed E-state index contributed by atoms with van der Waals surface area (Å²) in [7, 11) is 0. The first-order valence-corrected chi connectivity index (χ1v) is 7.64. The van der Waals surface area contributed by atoms with E-state index in [9.17, 15) is 4.39 Å². The Hall–Kier alpha value is -1.63. The number of hydrogen-bond donors (Lipinski definition) is 2. The Bertz CT molecular complexity index is 700. The van der Waals surface area contributed by atoms with E-state index in [1.165, 1.54) is 30.0 Å². The van der Waals surface area contributed by atoms with Gasteiger partial charge in [-0.05, 0) is 60.6 Å². The number of nitrogens with one attached hydrogen (secondary N) is 1. The second-order valence-corrected chi connectivity index (χ2v) is 5.57. The van der Waals surface area contributed by atoms with Crippen molar-refractivity contribution in [2.45, 2.75) is 25.7 Å². The van der Waals surface area contributed by atoms with E-state index in [-0.39, 0.29) is 29.8 Å². The first-order chi connectivity index (χ1) is 10.7. The molecule has 5 heteroatoms. The molecule has 0 aromatic heterocycles. The standard InChI is InChI=1S/C18H20FN3.HI/c19-17-7-2-1-4-14(17)10-11-21-18(20)22-16-9-8-13-5-3-6-15(13)12-16;/h1-2,4,7-9,12H,3,5-6,10-11H2,(H3,20,21,22);1H. The largest absolute Gasteiger partial charge is 0.370 e. The number of aryl methyl sites for hydroxylation is 2. The lowest BCUT2D eigenvalue weighted by Gasteiger charge is -2.08. The molecule has 1 aliphatic rings. The molecular formula is C18H21FIN3. The van der Waals surface area contributed by atoms with Gasteiger partial charge in [-0.1, -0.05) is 24.3 Å². The maximum Gasteiger partial charge on any atom is 0.193 e. The van der Waals surface area contributed by atoms with E-state index in [1.807, 2.05) is 12.1 Å². The minimum Gasteiger partial charge on any atom is -0.370 e. The third kappa shape index (κ3) is 4.67. The van der Waals surface area contributed by atoms with Crippen LogP contribution in [0.25, 0.3) is 0 Å². The molecule has 1 aliphatic carbocycles. The number of benzene rings is 2. The topological polar surface area (TPSA) is 50.4 Å². The van der Waals surface area contributed by atoms with Crippen molar-refractivity contribution in [3.8, 4) is 0 Å². The molecular weight excluding hydrogens is 404 g/mol. The van der Waals surface area contributed by atoms with Crippen LogP contribution in [-0.4, -0.2) is 12.5 Å². The molecule has 3 nitrogen and oxygen atoms in total. The number of anilines is 1. The van der Waals surface area contributed by atoms with Crippen LogP contribution in [0.5, 0.6) is 0 Å². The molecule has 0 bridgehead atoms. The Labute approximate surface area is 153 Å². The van der Waals surface area contributed by atoms with Gasteiger partial charge in [0.05, 0.1) is 0 Å². The van der Waals surface area contributed by atoms with Gasteiger partial charge in [-0.3, -0.25) is 4.99 Å². The van der Waals surface area contributed by atoms with Gasteiger partial charge >= 0.3 is 0 Å². The SMILES string of the molecule is I.NC(=NCCc1ccccc1F)Nc1ccc2c(c1)CCC2. The zero-order valence-corrected chi connectivity index (χ0v) is 15.2. The van der Waals surface area contributed by atoms with Gasteiger partial charge in [0.2, 0.25) is 0 Å². The van der Waals surface area contributed by atoms with Gasteiger partial charge in [0.25, 0.3) is 0 Å². The quantitative estimate of drug-likeness (QED) is 0.444. The van der Waals surface area contributed by atoms with Gasteiger partial charge in [-0.25, -0.2) is 4.39 Å². The third-order valence-corrected chi connectivity index (χ3v) is 3.99. The van der Waals surface area contributed by atoms with Crippen LogP contribution >= 0.6 is 24.0 Å². The van der Waals surface area contributed by atoms with Crippen molar-refractivity contribution in [2.75, 3.05) is 11.9 Å². The fourth-order valence-corrected chi connectivity index (χ4v) is 2.83. The van der Waals surface area contributed by atoms with Gasteiger partial charge in [-0.2, -0.15) is 0 Å². The van der Waals surface area contributed by atoms with Crippen molar-refractivity contribution in [1.82, 2.24) is 0 Å². The van der Waals surface area contributed by atoms with Crippen LogP contribution in [0.15, 0.2) is 47.5 Å². The monoisotopic (exact) mass is 425 g/mol. The Morgan fingerprint density at radius 2 is 1.91 bits per heavy atom. The van der Waals surface area contributed by atoms with E-state index in [4.69, 9.17) is 5.73 Å². The second-order valence-electron chi connectivity index (χ2n) is 5.57. The maximum atomic E-state index is 13.5. The molecule has 0 saturated heterocycles. The summed E-state index contributed by atoms with van der Waals surface area (Å²) < 4.78 is 13.5. The maximum absolute atomic E-state index is 13.5. The molecule has 2 aromatic rings. The van der Waals surface area contributed by atoms with Crippen molar-refractivity contribution >= 4 is 35.6 Å². The fraction of sp³-hybridized carbons (Fsp3) is 0.278. The molecule has 0 atom stereocenters. The smallest absolute Gasteiger partial charge is 0.193 e. The summed E-state index contributed by atoms with van der Waals surface area (Å²) in [5, 5.41) is 3.11. The van der Waals surface area contributed by atoms with Crippen LogP contribution < -0.4 is 11.1 Å². The Balaban J connectivity index is 0.00000192. The number of fused-ring (bicyclic) bond motifs is 1.